The van der Waals surface area contributed by atoms with E-state index in [0.29, 0.717) is 5.69 Å². The van der Waals surface area contributed by atoms with Crippen molar-refractivity contribution in [1.29, 1.82) is 0 Å². The summed E-state index contributed by atoms with van der Waals surface area (Å²) in [4.78, 5) is 36.8. The number of carbonyl (C=O) groups excluding carboxylic acids is 3. The number of hydrogen-bond acceptors (Lipinski definition) is 6. The Morgan fingerprint density at radius 1 is 0.913 bits per heavy atom. The van der Waals surface area contributed by atoms with Crippen molar-refractivity contribution in [2.75, 3.05) is 26.2 Å². The zero-order valence-corrected chi connectivity index (χ0v) is 14.1. The lowest BCUT2D eigenvalue weighted by Crippen LogP contribution is -2.34. The first-order valence-corrected chi connectivity index (χ1v) is 6.87. The van der Waals surface area contributed by atoms with E-state index < -0.39 is 23.6 Å². The van der Waals surface area contributed by atoms with Crippen LogP contribution >= 0.6 is 0 Å². The van der Waals surface area contributed by atoms with Crippen molar-refractivity contribution in [2.24, 2.45) is 0 Å². The highest BCUT2D eigenvalue weighted by Gasteiger charge is 2.23. The first-order valence-electron chi connectivity index (χ1n) is 6.87. The third-order valence-electron chi connectivity index (χ3n) is 2.81. The van der Waals surface area contributed by atoms with E-state index in [1.165, 1.54) is 44.4 Å². The van der Waals surface area contributed by atoms with Gasteiger partial charge in [0, 0.05) is 12.7 Å². The Labute approximate surface area is 135 Å². The number of amides is 1. The highest BCUT2D eigenvalue weighted by atomic mass is 16.6. The minimum Gasteiger partial charge on any atom is -0.465 e. The summed E-state index contributed by atoms with van der Waals surface area (Å²) in [6.07, 6.45) is -0.615. The summed E-state index contributed by atoms with van der Waals surface area (Å²) in [5.41, 5.74) is -0.111. The van der Waals surface area contributed by atoms with E-state index in [9.17, 15) is 14.4 Å². The number of carbonyl (C=O) groups is 3. The van der Waals surface area contributed by atoms with Gasteiger partial charge in [0.05, 0.1) is 25.3 Å². The van der Waals surface area contributed by atoms with Crippen LogP contribution < -0.4 is 4.90 Å². The molecular weight excluding hydrogens is 302 g/mol. The number of esters is 2. The average Bonchev–Trinajstić information content (AvgIpc) is 2.50. The van der Waals surface area contributed by atoms with E-state index in [1.807, 2.05) is 0 Å². The molecule has 1 aromatic rings. The molecule has 1 rings (SSSR count). The molecule has 23 heavy (non-hydrogen) atoms. The quantitative estimate of drug-likeness (QED) is 0.628. The normalized spacial score (nSPS) is 10.7. The van der Waals surface area contributed by atoms with Crippen LogP contribution in [0.15, 0.2) is 18.2 Å². The lowest BCUT2D eigenvalue weighted by Gasteiger charge is -2.25. The third-order valence-corrected chi connectivity index (χ3v) is 2.81. The second-order valence-electron chi connectivity index (χ2n) is 5.79. The predicted octanol–water partition coefficient (Wildman–Crippen LogP) is 2.63. The zero-order chi connectivity index (χ0) is 17.8. The fraction of sp³-hybridized carbons (Fsp3) is 0.438. The first-order chi connectivity index (χ1) is 10.6. The molecule has 0 aromatic heterocycles. The lowest BCUT2D eigenvalue weighted by atomic mass is 10.1. The van der Waals surface area contributed by atoms with Crippen LogP contribution in [0, 0.1) is 0 Å². The van der Waals surface area contributed by atoms with Crippen LogP contribution in [0.5, 0.6) is 0 Å². The number of hydrogen-bond donors (Lipinski definition) is 0. The summed E-state index contributed by atoms with van der Waals surface area (Å²) in [5.74, 6) is -1.26. The van der Waals surface area contributed by atoms with Crippen LogP contribution in [-0.4, -0.2) is 44.9 Å². The molecule has 0 radical (unpaired) electrons. The number of anilines is 1. The Bertz CT molecular complexity index is 583. The van der Waals surface area contributed by atoms with Crippen molar-refractivity contribution < 1.29 is 28.6 Å². The predicted molar refractivity (Wildman–Crippen MR) is 83.8 cm³/mol. The molecule has 7 heteroatoms. The molecule has 1 amide bonds. The largest absolute Gasteiger partial charge is 0.465 e. The molecule has 7 nitrogen and oxygen atoms in total. The summed E-state index contributed by atoms with van der Waals surface area (Å²) in [6, 6.07) is 4.20. The number of benzene rings is 1. The Morgan fingerprint density at radius 3 is 1.70 bits per heavy atom. The van der Waals surface area contributed by atoms with Gasteiger partial charge in [-0.25, -0.2) is 14.4 Å². The SMILES string of the molecule is COC(=O)c1cc(C(=O)OC)cc(N(C)C(=O)OC(C)(C)C)c1. The maximum absolute atomic E-state index is 12.1. The number of rotatable bonds is 3. The molecule has 0 heterocycles. The highest BCUT2D eigenvalue weighted by Crippen LogP contribution is 2.22. The van der Waals surface area contributed by atoms with Crippen molar-refractivity contribution >= 4 is 23.7 Å². The highest BCUT2D eigenvalue weighted by molar-refractivity contribution is 5.99. The first kappa shape index (κ1) is 18.5. The van der Waals surface area contributed by atoms with Crippen LogP contribution in [0.25, 0.3) is 0 Å². The van der Waals surface area contributed by atoms with Crippen molar-refractivity contribution in [2.45, 2.75) is 26.4 Å². The molecule has 0 fully saturated rings. The average molecular weight is 323 g/mol. The summed E-state index contributed by atoms with van der Waals surface area (Å²) < 4.78 is 14.6. The molecule has 0 spiro atoms. The van der Waals surface area contributed by atoms with E-state index in [1.54, 1.807) is 20.8 Å². The van der Waals surface area contributed by atoms with Crippen LogP contribution in [0.2, 0.25) is 0 Å². The Hall–Kier alpha value is -2.57. The molecule has 0 bridgehead atoms. The van der Waals surface area contributed by atoms with Gasteiger partial charge in [0.2, 0.25) is 0 Å². The maximum Gasteiger partial charge on any atom is 0.414 e. The maximum atomic E-state index is 12.1. The molecule has 0 unspecified atom stereocenters. The van der Waals surface area contributed by atoms with Gasteiger partial charge in [-0.3, -0.25) is 4.90 Å². The summed E-state index contributed by atoms with van der Waals surface area (Å²) in [7, 11) is 3.93. The molecule has 0 aliphatic rings. The van der Waals surface area contributed by atoms with E-state index >= 15 is 0 Å². The van der Waals surface area contributed by atoms with Crippen molar-refractivity contribution in [3.8, 4) is 0 Å². The van der Waals surface area contributed by atoms with E-state index in [-0.39, 0.29) is 11.1 Å². The fourth-order valence-electron chi connectivity index (χ4n) is 1.71. The van der Waals surface area contributed by atoms with Gasteiger partial charge in [-0.05, 0) is 39.0 Å². The fourth-order valence-corrected chi connectivity index (χ4v) is 1.71. The third kappa shape index (κ3) is 4.98. The molecular formula is C16H21NO6. The number of ether oxygens (including phenoxy) is 3. The van der Waals surface area contributed by atoms with E-state index in [2.05, 4.69) is 9.47 Å². The van der Waals surface area contributed by atoms with Crippen LogP contribution in [0.1, 0.15) is 41.5 Å². The summed E-state index contributed by atoms with van der Waals surface area (Å²) >= 11 is 0. The van der Waals surface area contributed by atoms with Gasteiger partial charge in [0.25, 0.3) is 0 Å². The number of methoxy groups -OCH3 is 2. The molecule has 126 valence electrons. The van der Waals surface area contributed by atoms with Crippen LogP contribution in [-0.2, 0) is 14.2 Å². The number of nitrogens with zero attached hydrogens (tertiary/aromatic N) is 1. The smallest absolute Gasteiger partial charge is 0.414 e. The molecule has 0 saturated heterocycles. The Balaban J connectivity index is 3.25. The zero-order valence-electron chi connectivity index (χ0n) is 14.1. The lowest BCUT2D eigenvalue weighted by molar-refractivity contribution is 0.0574. The molecule has 0 aliphatic heterocycles. The van der Waals surface area contributed by atoms with E-state index in [0.717, 1.165) is 0 Å². The topological polar surface area (TPSA) is 82.1 Å². The molecule has 0 aliphatic carbocycles. The minimum atomic E-state index is -0.670. The standard InChI is InChI=1S/C16H21NO6/c1-16(2,3)23-15(20)17(4)12-8-10(13(18)21-5)7-11(9-12)14(19)22-6/h7-9H,1-6H3. The van der Waals surface area contributed by atoms with Crippen molar-refractivity contribution in [1.82, 2.24) is 0 Å². The molecule has 0 saturated carbocycles. The molecule has 1 aromatic carbocycles. The van der Waals surface area contributed by atoms with Crippen LogP contribution in [0.3, 0.4) is 0 Å². The molecule has 0 N–H and O–H groups in total. The van der Waals surface area contributed by atoms with Gasteiger partial charge >= 0.3 is 18.0 Å². The summed E-state index contributed by atoms with van der Waals surface area (Å²) in [5, 5.41) is 0. The minimum absolute atomic E-state index is 0.126. The monoisotopic (exact) mass is 323 g/mol. The van der Waals surface area contributed by atoms with Crippen molar-refractivity contribution in [3.05, 3.63) is 29.3 Å². The van der Waals surface area contributed by atoms with Crippen molar-refractivity contribution in [3.63, 3.8) is 0 Å². The second-order valence-corrected chi connectivity index (χ2v) is 5.79. The van der Waals surface area contributed by atoms with E-state index in [4.69, 9.17) is 4.74 Å². The van der Waals surface area contributed by atoms with Gasteiger partial charge in [-0.1, -0.05) is 0 Å². The van der Waals surface area contributed by atoms with Gasteiger partial charge in [0.1, 0.15) is 5.60 Å². The second kappa shape index (κ2) is 7.13. The Kier molecular flexibility index (Phi) is 5.73. The van der Waals surface area contributed by atoms with Gasteiger partial charge in [0.15, 0.2) is 0 Å². The van der Waals surface area contributed by atoms with Gasteiger partial charge in [-0.2, -0.15) is 0 Å². The molecule has 0 atom stereocenters. The van der Waals surface area contributed by atoms with Crippen LogP contribution in [0.4, 0.5) is 10.5 Å². The van der Waals surface area contributed by atoms with Gasteiger partial charge < -0.3 is 14.2 Å². The van der Waals surface area contributed by atoms with Gasteiger partial charge in [-0.15, -0.1) is 0 Å². The Morgan fingerprint density at radius 2 is 1.35 bits per heavy atom. The summed E-state index contributed by atoms with van der Waals surface area (Å²) in [6.45, 7) is 5.22.